The molecule has 0 N–H and O–H groups in total. The third kappa shape index (κ3) is 5.13. The SMILES string of the molecule is CCOC(=O)C1CCCCCC(=O)C(C(C)=O)CC1. The van der Waals surface area contributed by atoms with E-state index in [1.807, 2.05) is 0 Å². The Morgan fingerprint density at radius 2 is 1.89 bits per heavy atom. The smallest absolute Gasteiger partial charge is 0.308 e. The normalized spacial score (nSPS) is 25.7. The highest BCUT2D eigenvalue weighted by molar-refractivity contribution is 6.01. The molecule has 1 saturated carbocycles. The zero-order chi connectivity index (χ0) is 14.3. The molecule has 0 saturated heterocycles. The lowest BCUT2D eigenvalue weighted by Gasteiger charge is -2.20. The summed E-state index contributed by atoms with van der Waals surface area (Å²) in [6, 6.07) is 0. The van der Waals surface area contributed by atoms with Crippen molar-refractivity contribution in [2.75, 3.05) is 6.61 Å². The van der Waals surface area contributed by atoms with Crippen molar-refractivity contribution in [3.05, 3.63) is 0 Å². The van der Waals surface area contributed by atoms with Crippen LogP contribution in [0.5, 0.6) is 0 Å². The first-order chi connectivity index (χ1) is 9.06. The van der Waals surface area contributed by atoms with Crippen LogP contribution in [0.3, 0.4) is 0 Å². The number of ether oxygens (including phenoxy) is 1. The molecule has 0 aromatic rings. The Bertz CT molecular complexity index is 335. The molecule has 0 aliphatic heterocycles. The van der Waals surface area contributed by atoms with E-state index in [2.05, 4.69) is 0 Å². The lowest BCUT2D eigenvalue weighted by molar-refractivity contribution is -0.149. The molecule has 1 aliphatic rings. The predicted octanol–water partition coefficient (Wildman–Crippen LogP) is 2.68. The molecule has 0 heterocycles. The number of ketones is 2. The molecule has 0 radical (unpaired) electrons. The van der Waals surface area contributed by atoms with Gasteiger partial charge in [0.05, 0.1) is 18.4 Å². The summed E-state index contributed by atoms with van der Waals surface area (Å²) in [7, 11) is 0. The predicted molar refractivity (Wildman–Crippen MR) is 71.6 cm³/mol. The molecule has 1 fully saturated rings. The van der Waals surface area contributed by atoms with Crippen LogP contribution in [-0.2, 0) is 19.1 Å². The lowest BCUT2D eigenvalue weighted by atomic mass is 9.85. The van der Waals surface area contributed by atoms with Gasteiger partial charge in [0.2, 0.25) is 0 Å². The maximum atomic E-state index is 11.9. The van der Waals surface area contributed by atoms with Gasteiger partial charge >= 0.3 is 5.97 Å². The Morgan fingerprint density at radius 1 is 1.16 bits per heavy atom. The average Bonchev–Trinajstić information content (AvgIpc) is 2.36. The highest BCUT2D eigenvalue weighted by Crippen LogP contribution is 2.24. The van der Waals surface area contributed by atoms with Gasteiger partial charge in [-0.1, -0.05) is 12.8 Å². The molecular formula is C15H24O4. The third-order valence-corrected chi connectivity index (χ3v) is 3.78. The highest BCUT2D eigenvalue weighted by atomic mass is 16.5. The Kier molecular flexibility index (Phi) is 6.74. The van der Waals surface area contributed by atoms with Crippen molar-refractivity contribution in [3.8, 4) is 0 Å². The van der Waals surface area contributed by atoms with Gasteiger partial charge < -0.3 is 4.74 Å². The van der Waals surface area contributed by atoms with Crippen LogP contribution in [0.15, 0.2) is 0 Å². The van der Waals surface area contributed by atoms with E-state index in [-0.39, 0.29) is 23.5 Å². The summed E-state index contributed by atoms with van der Waals surface area (Å²) >= 11 is 0. The Labute approximate surface area is 114 Å². The Morgan fingerprint density at radius 3 is 2.53 bits per heavy atom. The van der Waals surface area contributed by atoms with Crippen LogP contribution in [0, 0.1) is 11.8 Å². The van der Waals surface area contributed by atoms with E-state index in [9.17, 15) is 14.4 Å². The van der Waals surface area contributed by atoms with E-state index in [4.69, 9.17) is 4.74 Å². The second-order valence-corrected chi connectivity index (χ2v) is 5.26. The molecule has 4 nitrogen and oxygen atoms in total. The number of carbonyl (C=O) groups excluding carboxylic acids is 3. The van der Waals surface area contributed by atoms with Gasteiger partial charge in [0, 0.05) is 6.42 Å². The topological polar surface area (TPSA) is 60.4 Å². The van der Waals surface area contributed by atoms with Crippen molar-refractivity contribution in [1.29, 1.82) is 0 Å². The van der Waals surface area contributed by atoms with Gasteiger partial charge in [0.1, 0.15) is 11.6 Å². The van der Waals surface area contributed by atoms with Gasteiger partial charge in [-0.05, 0) is 39.5 Å². The molecule has 108 valence electrons. The lowest BCUT2D eigenvalue weighted by Crippen LogP contribution is -2.26. The Balaban J connectivity index is 2.69. The van der Waals surface area contributed by atoms with Gasteiger partial charge in [-0.25, -0.2) is 0 Å². The second-order valence-electron chi connectivity index (χ2n) is 5.26. The van der Waals surface area contributed by atoms with Crippen LogP contribution in [0.1, 0.15) is 58.8 Å². The highest BCUT2D eigenvalue weighted by Gasteiger charge is 2.27. The molecule has 0 spiro atoms. The monoisotopic (exact) mass is 268 g/mol. The molecule has 0 bridgehead atoms. The van der Waals surface area contributed by atoms with Gasteiger partial charge in [-0.2, -0.15) is 0 Å². The summed E-state index contributed by atoms with van der Waals surface area (Å²) in [6.07, 6.45) is 5.06. The zero-order valence-electron chi connectivity index (χ0n) is 11.9. The molecule has 4 heteroatoms. The van der Waals surface area contributed by atoms with Crippen molar-refractivity contribution in [1.82, 2.24) is 0 Å². The molecule has 0 aromatic heterocycles. The molecule has 0 aromatic carbocycles. The van der Waals surface area contributed by atoms with Crippen LogP contribution >= 0.6 is 0 Å². The molecule has 2 atom stereocenters. The van der Waals surface area contributed by atoms with Gasteiger partial charge in [0.15, 0.2) is 0 Å². The number of hydrogen-bond acceptors (Lipinski definition) is 4. The first-order valence-electron chi connectivity index (χ1n) is 7.26. The van der Waals surface area contributed by atoms with Crippen LogP contribution in [0.4, 0.5) is 0 Å². The molecule has 1 rings (SSSR count). The van der Waals surface area contributed by atoms with Crippen molar-refractivity contribution in [2.45, 2.75) is 58.8 Å². The largest absolute Gasteiger partial charge is 0.466 e. The van der Waals surface area contributed by atoms with E-state index in [0.717, 1.165) is 25.7 Å². The van der Waals surface area contributed by atoms with Gasteiger partial charge in [0.25, 0.3) is 0 Å². The van der Waals surface area contributed by atoms with Crippen LogP contribution < -0.4 is 0 Å². The molecule has 19 heavy (non-hydrogen) atoms. The van der Waals surface area contributed by atoms with Crippen molar-refractivity contribution in [3.63, 3.8) is 0 Å². The van der Waals surface area contributed by atoms with E-state index in [1.165, 1.54) is 6.92 Å². The minimum atomic E-state index is -0.518. The summed E-state index contributed by atoms with van der Waals surface area (Å²) in [5.41, 5.74) is 0. The van der Waals surface area contributed by atoms with Crippen molar-refractivity contribution in [2.24, 2.45) is 11.8 Å². The number of esters is 1. The first kappa shape index (κ1) is 15.9. The quantitative estimate of drug-likeness (QED) is 0.583. The maximum absolute atomic E-state index is 11.9. The van der Waals surface area contributed by atoms with Crippen molar-refractivity contribution < 1.29 is 19.1 Å². The average molecular weight is 268 g/mol. The van der Waals surface area contributed by atoms with Gasteiger partial charge in [-0.3, -0.25) is 14.4 Å². The summed E-state index contributed by atoms with van der Waals surface area (Å²) in [4.78, 5) is 35.3. The number of rotatable bonds is 3. The molecule has 2 unspecified atom stereocenters. The zero-order valence-corrected chi connectivity index (χ0v) is 11.9. The Hall–Kier alpha value is -1.19. The van der Waals surface area contributed by atoms with Crippen LogP contribution in [-0.4, -0.2) is 24.1 Å². The summed E-state index contributed by atoms with van der Waals surface area (Å²) in [5, 5.41) is 0. The van der Waals surface area contributed by atoms with Crippen LogP contribution in [0.2, 0.25) is 0 Å². The fraction of sp³-hybridized carbons (Fsp3) is 0.800. The van der Waals surface area contributed by atoms with E-state index >= 15 is 0 Å². The standard InChI is InChI=1S/C15H24O4/c1-3-19-15(18)12-7-5-4-6-8-14(17)13(10-9-12)11(2)16/h12-13H,3-10H2,1-2H3. The van der Waals surface area contributed by atoms with Gasteiger partial charge in [-0.15, -0.1) is 0 Å². The number of hydrogen-bond donors (Lipinski definition) is 0. The third-order valence-electron chi connectivity index (χ3n) is 3.78. The summed E-state index contributed by atoms with van der Waals surface area (Å²) < 4.78 is 5.06. The number of Topliss-reactive ketones (excluding diaryl/α,β-unsaturated/α-hetero) is 2. The fourth-order valence-corrected chi connectivity index (χ4v) is 2.64. The fourth-order valence-electron chi connectivity index (χ4n) is 2.64. The summed E-state index contributed by atoms with van der Waals surface area (Å²) in [6.45, 7) is 3.64. The first-order valence-corrected chi connectivity index (χ1v) is 7.26. The summed E-state index contributed by atoms with van der Waals surface area (Å²) in [5.74, 6) is -0.897. The molecule has 1 aliphatic carbocycles. The maximum Gasteiger partial charge on any atom is 0.308 e. The van der Waals surface area contributed by atoms with Crippen LogP contribution in [0.25, 0.3) is 0 Å². The van der Waals surface area contributed by atoms with E-state index < -0.39 is 5.92 Å². The minimum absolute atomic E-state index is 0.0389. The minimum Gasteiger partial charge on any atom is -0.466 e. The van der Waals surface area contributed by atoms with E-state index in [1.54, 1.807) is 6.92 Å². The second kappa shape index (κ2) is 8.08. The van der Waals surface area contributed by atoms with E-state index in [0.29, 0.717) is 25.9 Å². The molecular weight excluding hydrogens is 244 g/mol. The molecule has 0 amide bonds. The number of carbonyl (C=O) groups is 3. The van der Waals surface area contributed by atoms with Crippen molar-refractivity contribution >= 4 is 17.5 Å².